The SMILES string of the molecule is CC(C)(C)c1[c-]c2c(cc1)-c1ccc(C(C)(C)C)cc1C2.Cc1cc(-c2ccccc2)c[cH-]1.[Cl-].[Cl-].[Zr+2]=[CH]Cc1ccccc1. The summed E-state index contributed by atoms with van der Waals surface area (Å²) < 4.78 is 2.25. The fourth-order valence-electron chi connectivity index (χ4n) is 5.13. The van der Waals surface area contributed by atoms with Crippen LogP contribution in [0.5, 0.6) is 0 Å². The van der Waals surface area contributed by atoms with Crippen LogP contribution in [0, 0.1) is 13.0 Å². The summed E-state index contributed by atoms with van der Waals surface area (Å²) in [6.07, 6.45) is 2.15. The minimum absolute atomic E-state index is 0. The third kappa shape index (κ3) is 10.3. The Bertz CT molecular complexity index is 1540. The Hall–Kier alpha value is -2.44. The molecule has 5 aromatic carbocycles. The zero-order chi connectivity index (χ0) is 30.3. The van der Waals surface area contributed by atoms with Crippen molar-refractivity contribution in [2.24, 2.45) is 0 Å². The molecule has 0 unspecified atom stereocenters. The van der Waals surface area contributed by atoms with Crippen LogP contribution in [0.2, 0.25) is 0 Å². The minimum atomic E-state index is 0. The number of hydrogen-bond acceptors (Lipinski definition) is 0. The van der Waals surface area contributed by atoms with E-state index in [0.29, 0.717) is 0 Å². The average Bonchev–Trinajstić information content (AvgIpc) is 3.56. The quantitative estimate of drug-likeness (QED) is 0.237. The number of benzene rings is 4. The standard InChI is InChI=1S/C21H25.C12H11.C8H8.2ClH.Zr/c1-20(2,3)16-7-9-18-14(12-16)11-15-13-17(21(4,5)6)8-10-19(15)18;1-10-7-8-12(9-10)11-5-3-2-4-6-11;1-2-8-6-4-3-5-7-8;;;/h7-10,12H,11H2,1-6H3;2-9H,1H3;1,3-7H,2H2;2*1H;/q2*-1;;;;+2/p-2. The van der Waals surface area contributed by atoms with Crippen molar-refractivity contribution in [1.29, 1.82) is 0 Å². The molecule has 0 bridgehead atoms. The molecule has 0 nitrogen and oxygen atoms in total. The van der Waals surface area contributed by atoms with Crippen molar-refractivity contribution < 1.29 is 49.0 Å². The fourth-order valence-corrected chi connectivity index (χ4v) is 5.71. The second-order valence-corrected chi connectivity index (χ2v) is 14.3. The molecule has 0 atom stereocenters. The van der Waals surface area contributed by atoms with E-state index in [1.54, 1.807) is 0 Å². The molecule has 1 aliphatic rings. The molecule has 0 saturated heterocycles. The zero-order valence-corrected chi connectivity index (χ0v) is 31.1. The third-order valence-corrected chi connectivity index (χ3v) is 8.16. The molecule has 1 aliphatic carbocycles. The van der Waals surface area contributed by atoms with Gasteiger partial charge in [0.2, 0.25) is 0 Å². The molecule has 44 heavy (non-hydrogen) atoms. The van der Waals surface area contributed by atoms with E-state index in [0.717, 1.165) is 12.8 Å². The van der Waals surface area contributed by atoms with Gasteiger partial charge in [0, 0.05) is 0 Å². The van der Waals surface area contributed by atoms with Gasteiger partial charge in [0.05, 0.1) is 0 Å². The Morgan fingerprint density at radius 3 is 1.89 bits per heavy atom. The predicted octanol–water partition coefficient (Wildman–Crippen LogP) is 4.62. The van der Waals surface area contributed by atoms with Gasteiger partial charge in [-0.05, 0) is 28.4 Å². The van der Waals surface area contributed by atoms with E-state index in [1.165, 1.54) is 79.9 Å². The van der Waals surface area contributed by atoms with Gasteiger partial charge in [-0.3, -0.25) is 0 Å². The Morgan fingerprint density at radius 2 is 1.34 bits per heavy atom. The number of fused-ring (bicyclic) bond motifs is 3. The Balaban J connectivity index is 0.000000250. The van der Waals surface area contributed by atoms with Crippen molar-refractivity contribution in [2.45, 2.75) is 72.1 Å². The van der Waals surface area contributed by atoms with Crippen LogP contribution in [0.15, 0.2) is 109 Å². The average molecular weight is 699 g/mol. The Morgan fingerprint density at radius 1 is 0.727 bits per heavy atom. The van der Waals surface area contributed by atoms with Gasteiger partial charge in [0.25, 0.3) is 0 Å². The molecule has 0 saturated carbocycles. The first-order chi connectivity index (χ1) is 20.0. The number of aryl methyl sites for hydroxylation is 1. The van der Waals surface area contributed by atoms with Gasteiger partial charge in [0.1, 0.15) is 0 Å². The first kappa shape index (κ1) is 37.7. The number of rotatable bonds is 3. The van der Waals surface area contributed by atoms with Crippen molar-refractivity contribution in [3.05, 3.63) is 149 Å². The summed E-state index contributed by atoms with van der Waals surface area (Å²) in [4.78, 5) is 0. The van der Waals surface area contributed by atoms with Crippen LogP contribution >= 0.6 is 0 Å². The van der Waals surface area contributed by atoms with Crippen LogP contribution in [0.3, 0.4) is 0 Å². The molecular weight excluding hydrogens is 655 g/mol. The summed E-state index contributed by atoms with van der Waals surface area (Å²) in [5.74, 6) is 0. The van der Waals surface area contributed by atoms with Gasteiger partial charge in [-0.25, -0.2) is 6.07 Å². The molecule has 0 N–H and O–H groups in total. The predicted molar refractivity (Wildman–Crippen MR) is 179 cm³/mol. The van der Waals surface area contributed by atoms with Gasteiger partial charge >= 0.3 is 70.3 Å². The first-order valence-electron chi connectivity index (χ1n) is 15.0. The molecule has 0 aliphatic heterocycles. The second kappa shape index (κ2) is 16.8. The van der Waals surface area contributed by atoms with E-state index in [4.69, 9.17) is 0 Å². The molecule has 0 aromatic heterocycles. The van der Waals surface area contributed by atoms with Gasteiger partial charge in [0.15, 0.2) is 0 Å². The molecular formula is C41H44Cl2Zr-2. The van der Waals surface area contributed by atoms with Crippen molar-refractivity contribution in [1.82, 2.24) is 0 Å². The summed E-state index contributed by atoms with van der Waals surface area (Å²) >= 11 is 1.51. The summed E-state index contributed by atoms with van der Waals surface area (Å²) in [5.41, 5.74) is 14.1. The molecule has 228 valence electrons. The van der Waals surface area contributed by atoms with Crippen LogP contribution < -0.4 is 24.8 Å². The summed E-state index contributed by atoms with van der Waals surface area (Å²) in [6.45, 7) is 15.7. The van der Waals surface area contributed by atoms with Crippen LogP contribution in [-0.4, -0.2) is 3.71 Å². The van der Waals surface area contributed by atoms with E-state index in [1.807, 2.05) is 12.1 Å². The van der Waals surface area contributed by atoms with E-state index < -0.39 is 0 Å². The van der Waals surface area contributed by atoms with Crippen LogP contribution in [-0.2, 0) is 47.9 Å². The monoisotopic (exact) mass is 696 g/mol. The van der Waals surface area contributed by atoms with Gasteiger partial charge < -0.3 is 24.8 Å². The normalized spacial score (nSPS) is 11.3. The topological polar surface area (TPSA) is 0 Å². The van der Waals surface area contributed by atoms with Crippen LogP contribution in [0.25, 0.3) is 22.3 Å². The summed E-state index contributed by atoms with van der Waals surface area (Å²) in [5, 5.41) is 0. The van der Waals surface area contributed by atoms with Crippen molar-refractivity contribution >= 4 is 3.71 Å². The van der Waals surface area contributed by atoms with Crippen LogP contribution in [0.1, 0.15) is 74.9 Å². The molecule has 0 fully saturated rings. The molecule has 0 heterocycles. The maximum atomic E-state index is 3.67. The van der Waals surface area contributed by atoms with E-state index in [9.17, 15) is 0 Å². The first-order valence-corrected chi connectivity index (χ1v) is 16.4. The van der Waals surface area contributed by atoms with Crippen molar-refractivity contribution in [3.8, 4) is 22.3 Å². The summed E-state index contributed by atoms with van der Waals surface area (Å²) in [7, 11) is 0. The summed E-state index contributed by atoms with van der Waals surface area (Å²) in [6, 6.07) is 42.6. The Kier molecular flexibility index (Phi) is 14.4. The van der Waals surface area contributed by atoms with Crippen LogP contribution in [0.4, 0.5) is 0 Å². The van der Waals surface area contributed by atoms with Gasteiger partial charge in [-0.1, -0.05) is 108 Å². The van der Waals surface area contributed by atoms with Gasteiger partial charge in [-0.2, -0.15) is 47.0 Å². The number of hydrogen-bond donors (Lipinski definition) is 0. The molecule has 0 spiro atoms. The van der Waals surface area contributed by atoms with Gasteiger partial charge in [-0.15, -0.1) is 11.1 Å². The van der Waals surface area contributed by atoms with Crippen molar-refractivity contribution in [3.63, 3.8) is 0 Å². The zero-order valence-electron chi connectivity index (χ0n) is 27.1. The van der Waals surface area contributed by atoms with Crippen molar-refractivity contribution in [2.75, 3.05) is 0 Å². The fraction of sp³-hybridized carbons (Fsp3) is 0.268. The molecule has 0 amide bonds. The van der Waals surface area contributed by atoms with E-state index in [-0.39, 0.29) is 35.6 Å². The van der Waals surface area contributed by atoms with E-state index in [2.05, 4.69) is 155 Å². The molecule has 5 aromatic rings. The Labute approximate surface area is 293 Å². The molecule has 3 heteroatoms. The molecule has 0 radical (unpaired) electrons. The second-order valence-electron chi connectivity index (χ2n) is 13.2. The number of halogens is 2. The maximum absolute atomic E-state index is 3.67. The van der Waals surface area contributed by atoms with E-state index >= 15 is 0 Å². The molecule has 6 rings (SSSR count). The third-order valence-electron chi connectivity index (χ3n) is 7.66.